The fourth-order valence-electron chi connectivity index (χ4n) is 2.24. The summed E-state index contributed by atoms with van der Waals surface area (Å²) in [4.78, 5) is 22.8. The van der Waals surface area contributed by atoms with Crippen LogP contribution in [0.25, 0.3) is 0 Å². The van der Waals surface area contributed by atoms with Gasteiger partial charge in [-0.1, -0.05) is 42.2 Å². The number of carboxylic acid groups (broad SMARTS) is 1. The van der Waals surface area contributed by atoms with Gasteiger partial charge in [0.05, 0.1) is 11.3 Å². The van der Waals surface area contributed by atoms with E-state index in [2.05, 4.69) is 17.2 Å². The van der Waals surface area contributed by atoms with Crippen LogP contribution >= 0.6 is 0 Å². The summed E-state index contributed by atoms with van der Waals surface area (Å²) in [6, 6.07) is 12.6. The van der Waals surface area contributed by atoms with E-state index in [4.69, 9.17) is 15.6 Å². The molecule has 0 aliphatic carbocycles. The van der Waals surface area contributed by atoms with Crippen molar-refractivity contribution in [3.8, 4) is 11.8 Å². The first-order valence-electron chi connectivity index (χ1n) is 8.04. The minimum Gasteiger partial charge on any atom is -0.478 e. The highest BCUT2D eigenvalue weighted by molar-refractivity contribution is 5.95. The number of nitrogens with one attached hydrogen (secondary N) is 1. The molecule has 2 aromatic carbocycles. The lowest BCUT2D eigenvalue weighted by Crippen LogP contribution is -2.24. The van der Waals surface area contributed by atoms with Crippen LogP contribution in [0.2, 0.25) is 0 Å². The number of anilines is 1. The van der Waals surface area contributed by atoms with E-state index in [1.165, 1.54) is 6.07 Å². The van der Waals surface area contributed by atoms with Crippen molar-refractivity contribution in [2.45, 2.75) is 20.0 Å². The van der Waals surface area contributed by atoms with Gasteiger partial charge in [-0.2, -0.15) is 0 Å². The Labute approximate surface area is 152 Å². The second kappa shape index (κ2) is 9.14. The number of hydrogen-bond acceptors (Lipinski definition) is 4. The maximum Gasteiger partial charge on any atom is 0.407 e. The first-order chi connectivity index (χ1) is 12.5. The second-order valence-electron chi connectivity index (χ2n) is 5.62. The lowest BCUT2D eigenvalue weighted by molar-refractivity contribution is 0.0698. The van der Waals surface area contributed by atoms with Crippen LogP contribution in [-0.4, -0.2) is 23.7 Å². The first-order valence-corrected chi connectivity index (χ1v) is 8.04. The Morgan fingerprint density at radius 1 is 1.23 bits per heavy atom. The highest BCUT2D eigenvalue weighted by Crippen LogP contribution is 2.19. The van der Waals surface area contributed by atoms with Crippen molar-refractivity contribution in [3.05, 3.63) is 64.7 Å². The number of rotatable bonds is 5. The Morgan fingerprint density at radius 2 is 1.96 bits per heavy atom. The van der Waals surface area contributed by atoms with Crippen LogP contribution in [0, 0.1) is 18.8 Å². The Bertz CT molecular complexity index is 851. The molecule has 4 N–H and O–H groups in total. The maximum absolute atomic E-state index is 11.6. The summed E-state index contributed by atoms with van der Waals surface area (Å²) in [5, 5.41) is 11.7. The molecule has 0 spiro atoms. The molecule has 0 bridgehead atoms. The third-order valence-corrected chi connectivity index (χ3v) is 3.51. The van der Waals surface area contributed by atoms with Gasteiger partial charge in [-0.05, 0) is 30.2 Å². The van der Waals surface area contributed by atoms with Crippen LogP contribution in [0.5, 0.6) is 0 Å². The molecule has 0 heterocycles. The molecule has 0 saturated carbocycles. The zero-order valence-electron chi connectivity index (χ0n) is 14.4. The number of aryl methyl sites for hydroxylation is 1. The zero-order valence-corrected chi connectivity index (χ0v) is 14.4. The van der Waals surface area contributed by atoms with E-state index in [0.717, 1.165) is 11.1 Å². The Hall–Kier alpha value is -3.46. The van der Waals surface area contributed by atoms with Crippen LogP contribution in [0.3, 0.4) is 0 Å². The summed E-state index contributed by atoms with van der Waals surface area (Å²) >= 11 is 0. The SMILES string of the molecule is Cc1cc(C#CCCNC(=O)OCc2ccccc2)c(N)c(C(=O)O)c1. The van der Waals surface area contributed by atoms with Crippen molar-refractivity contribution in [2.24, 2.45) is 0 Å². The summed E-state index contributed by atoms with van der Waals surface area (Å²) < 4.78 is 5.09. The molecule has 1 amide bonds. The number of alkyl carbamates (subject to hydrolysis) is 1. The molecule has 6 nitrogen and oxygen atoms in total. The smallest absolute Gasteiger partial charge is 0.407 e. The van der Waals surface area contributed by atoms with Crippen molar-refractivity contribution in [2.75, 3.05) is 12.3 Å². The summed E-state index contributed by atoms with van der Waals surface area (Å²) in [7, 11) is 0. The fraction of sp³-hybridized carbons (Fsp3) is 0.200. The molecule has 2 aromatic rings. The second-order valence-corrected chi connectivity index (χ2v) is 5.62. The predicted molar refractivity (Wildman–Crippen MR) is 98.7 cm³/mol. The summed E-state index contributed by atoms with van der Waals surface area (Å²) in [5.74, 6) is 4.64. The van der Waals surface area contributed by atoms with Gasteiger partial charge in [0.1, 0.15) is 6.61 Å². The van der Waals surface area contributed by atoms with Gasteiger partial charge < -0.3 is 20.9 Å². The number of carboxylic acids is 1. The zero-order chi connectivity index (χ0) is 18.9. The van der Waals surface area contributed by atoms with Crippen molar-refractivity contribution < 1.29 is 19.4 Å². The standard InChI is InChI=1S/C20H20N2O4/c1-14-11-16(18(21)17(12-14)19(23)24)9-5-6-10-22-20(25)26-13-15-7-3-2-4-8-15/h2-4,7-8,11-12H,6,10,13,21H2,1H3,(H,22,25)(H,23,24). The molecule has 0 atom stereocenters. The minimum absolute atomic E-state index is 0.0388. The number of nitrogens with two attached hydrogens (primary N) is 1. The molecule has 0 unspecified atom stereocenters. The number of ether oxygens (including phenoxy) is 1. The van der Waals surface area contributed by atoms with E-state index in [9.17, 15) is 9.59 Å². The Morgan fingerprint density at radius 3 is 2.65 bits per heavy atom. The van der Waals surface area contributed by atoms with Gasteiger partial charge in [0.15, 0.2) is 0 Å². The number of nitrogen functional groups attached to an aromatic ring is 1. The van der Waals surface area contributed by atoms with Crippen molar-refractivity contribution in [1.29, 1.82) is 0 Å². The molecule has 134 valence electrons. The number of carbonyl (C=O) groups is 2. The topological polar surface area (TPSA) is 102 Å². The maximum atomic E-state index is 11.6. The van der Waals surface area contributed by atoms with Crippen molar-refractivity contribution in [1.82, 2.24) is 5.32 Å². The summed E-state index contributed by atoms with van der Waals surface area (Å²) in [6.07, 6.45) is -0.130. The molecule has 0 aliphatic heterocycles. The van der Waals surface area contributed by atoms with E-state index < -0.39 is 12.1 Å². The molecule has 0 saturated heterocycles. The van der Waals surface area contributed by atoms with E-state index >= 15 is 0 Å². The highest BCUT2D eigenvalue weighted by Gasteiger charge is 2.11. The van der Waals surface area contributed by atoms with Crippen LogP contribution in [0.15, 0.2) is 42.5 Å². The van der Waals surface area contributed by atoms with Crippen LogP contribution < -0.4 is 11.1 Å². The number of amides is 1. The van der Waals surface area contributed by atoms with Crippen molar-refractivity contribution in [3.63, 3.8) is 0 Å². The number of hydrogen-bond donors (Lipinski definition) is 3. The van der Waals surface area contributed by atoms with Crippen LogP contribution in [0.4, 0.5) is 10.5 Å². The van der Waals surface area contributed by atoms with Gasteiger partial charge in [-0.3, -0.25) is 0 Å². The molecule has 0 radical (unpaired) electrons. The monoisotopic (exact) mass is 352 g/mol. The van der Waals surface area contributed by atoms with E-state index in [-0.39, 0.29) is 17.9 Å². The van der Waals surface area contributed by atoms with Gasteiger partial charge in [0.2, 0.25) is 0 Å². The molecule has 26 heavy (non-hydrogen) atoms. The predicted octanol–water partition coefficient (Wildman–Crippen LogP) is 2.94. The first kappa shape index (κ1) is 18.9. The summed E-state index contributed by atoms with van der Waals surface area (Å²) in [6.45, 7) is 2.30. The van der Waals surface area contributed by atoms with E-state index in [1.54, 1.807) is 13.0 Å². The largest absolute Gasteiger partial charge is 0.478 e. The molecule has 0 aromatic heterocycles. The molecule has 6 heteroatoms. The average Bonchev–Trinajstić information content (AvgIpc) is 2.62. The number of benzene rings is 2. The minimum atomic E-state index is -1.09. The lowest BCUT2D eigenvalue weighted by atomic mass is 10.0. The molecule has 0 fully saturated rings. The van der Waals surface area contributed by atoms with Crippen LogP contribution in [-0.2, 0) is 11.3 Å². The van der Waals surface area contributed by atoms with Gasteiger partial charge in [0.25, 0.3) is 0 Å². The van der Waals surface area contributed by atoms with Gasteiger partial charge in [-0.15, -0.1) is 0 Å². The van der Waals surface area contributed by atoms with E-state index in [0.29, 0.717) is 18.5 Å². The number of aromatic carboxylic acids is 1. The molecular weight excluding hydrogens is 332 g/mol. The Balaban J connectivity index is 1.82. The fourth-order valence-corrected chi connectivity index (χ4v) is 2.24. The molecule has 0 aliphatic rings. The van der Waals surface area contributed by atoms with Gasteiger partial charge in [-0.25, -0.2) is 9.59 Å². The van der Waals surface area contributed by atoms with Crippen molar-refractivity contribution >= 4 is 17.7 Å². The number of carbonyl (C=O) groups excluding carboxylic acids is 1. The Kier molecular flexibility index (Phi) is 6.63. The van der Waals surface area contributed by atoms with Crippen LogP contribution in [0.1, 0.15) is 33.5 Å². The third kappa shape index (κ3) is 5.56. The molecule has 2 rings (SSSR count). The van der Waals surface area contributed by atoms with E-state index in [1.807, 2.05) is 30.3 Å². The average molecular weight is 352 g/mol. The quantitative estimate of drug-likeness (QED) is 0.436. The van der Waals surface area contributed by atoms with Gasteiger partial charge >= 0.3 is 12.1 Å². The highest BCUT2D eigenvalue weighted by atomic mass is 16.5. The normalized spacial score (nSPS) is 9.73. The summed E-state index contributed by atoms with van der Waals surface area (Å²) in [5.41, 5.74) is 8.16. The third-order valence-electron chi connectivity index (χ3n) is 3.51. The lowest BCUT2D eigenvalue weighted by Gasteiger charge is -2.06. The van der Waals surface area contributed by atoms with Gasteiger partial charge in [0, 0.05) is 18.5 Å². The molecular formula is C20H20N2O4.